The van der Waals surface area contributed by atoms with Crippen molar-refractivity contribution in [2.24, 2.45) is 11.8 Å². The fourth-order valence-corrected chi connectivity index (χ4v) is 8.44. The van der Waals surface area contributed by atoms with Crippen molar-refractivity contribution in [3.05, 3.63) is 27.5 Å². The predicted octanol–water partition coefficient (Wildman–Crippen LogP) is 8.98. The Kier molecular flexibility index (Phi) is 11.1. The first-order chi connectivity index (χ1) is 22.9. The second kappa shape index (κ2) is 14.5. The lowest BCUT2D eigenvalue weighted by atomic mass is 9.77. The van der Waals surface area contributed by atoms with Gasteiger partial charge >= 0.3 is 6.09 Å². The molecule has 6 rings (SSSR count). The third-order valence-electron chi connectivity index (χ3n) is 10.9. The molecule has 1 saturated heterocycles. The number of aryl methyl sites for hydroxylation is 1. The highest BCUT2D eigenvalue weighted by Crippen LogP contribution is 2.54. The Bertz CT molecular complexity index is 1670. The molecule has 1 aliphatic heterocycles. The molecule has 1 amide bonds. The average molecular weight is 756 g/mol. The molecule has 0 N–H and O–H groups in total. The van der Waals surface area contributed by atoms with Crippen LogP contribution in [-0.2, 0) is 15.6 Å². The maximum Gasteiger partial charge on any atom is 0.415 e. The summed E-state index contributed by atoms with van der Waals surface area (Å²) in [7, 11) is -0.0216. The quantitative estimate of drug-likeness (QED) is 0.187. The summed E-state index contributed by atoms with van der Waals surface area (Å²) in [6, 6.07) is 4.09. The van der Waals surface area contributed by atoms with E-state index in [9.17, 15) is 10.1 Å². The molecule has 3 atom stereocenters. The highest BCUT2D eigenvalue weighted by atomic mass is 79.9. The van der Waals surface area contributed by atoms with Gasteiger partial charge in [-0.25, -0.2) is 14.2 Å². The lowest BCUT2D eigenvalue weighted by Crippen LogP contribution is -2.53. The van der Waals surface area contributed by atoms with Crippen LogP contribution >= 0.6 is 15.9 Å². The monoisotopic (exact) mass is 754 g/mol. The van der Waals surface area contributed by atoms with Gasteiger partial charge in [0.1, 0.15) is 23.3 Å². The topological polar surface area (TPSA) is 87.9 Å². The molecule has 2 bridgehead atoms. The van der Waals surface area contributed by atoms with E-state index < -0.39 is 25.8 Å². The van der Waals surface area contributed by atoms with Crippen LogP contribution in [0.5, 0.6) is 5.88 Å². The molecule has 4 aliphatic rings. The number of benzene rings is 1. The number of anilines is 1. The Hall–Kier alpha value is -2.70. The van der Waals surface area contributed by atoms with Gasteiger partial charge in [0.05, 0.1) is 22.8 Å². The van der Waals surface area contributed by atoms with Gasteiger partial charge in [-0.2, -0.15) is 5.26 Å². The van der Waals surface area contributed by atoms with E-state index in [-0.39, 0.29) is 46.0 Å². The van der Waals surface area contributed by atoms with E-state index in [4.69, 9.17) is 18.9 Å². The van der Waals surface area contributed by atoms with Crippen LogP contribution in [0.3, 0.4) is 0 Å². The van der Waals surface area contributed by atoms with Crippen LogP contribution in [0.15, 0.2) is 10.5 Å². The molecule has 3 aliphatic carbocycles. The number of amides is 1. The predicted molar refractivity (Wildman–Crippen MR) is 198 cm³/mol. The summed E-state index contributed by atoms with van der Waals surface area (Å²) in [5, 5.41) is 9.85. The number of ether oxygens (including phenoxy) is 2. The first-order valence-corrected chi connectivity index (χ1v) is 21.3. The van der Waals surface area contributed by atoms with Crippen molar-refractivity contribution >= 4 is 46.9 Å². The van der Waals surface area contributed by atoms with Gasteiger partial charge in [-0.1, -0.05) is 32.6 Å². The Morgan fingerprint density at radius 2 is 1.88 bits per heavy atom. The Balaban J connectivity index is 1.76. The molecule has 2 heterocycles. The lowest BCUT2D eigenvalue weighted by Gasteiger charge is -2.45. The number of nitrogens with zero attached hydrogens (tertiary/aromatic N) is 4. The van der Waals surface area contributed by atoms with Gasteiger partial charge in [0.25, 0.3) is 0 Å². The van der Waals surface area contributed by atoms with Crippen LogP contribution in [0.1, 0.15) is 91.2 Å². The highest BCUT2D eigenvalue weighted by Gasteiger charge is 2.53. The molecule has 0 radical (unpaired) electrons. The summed E-state index contributed by atoms with van der Waals surface area (Å²) in [6.45, 7) is 18.0. The van der Waals surface area contributed by atoms with Crippen molar-refractivity contribution in [1.29, 1.82) is 5.26 Å². The SMILES string of the molecule is CN1CCC[C@H]1COc1nc2c(F)c(Br)c(CCC#N)cc2c(N(C(=O)OC(C)(C)C)C2C3CCC2C3)c1C#CCO[Si](C)(C)C(C)(C)C. The van der Waals surface area contributed by atoms with Crippen molar-refractivity contribution < 1.29 is 23.1 Å². The lowest BCUT2D eigenvalue weighted by molar-refractivity contribution is 0.0513. The average Bonchev–Trinajstić information content (AvgIpc) is 3.75. The molecule has 8 nitrogen and oxygen atoms in total. The minimum Gasteiger partial charge on any atom is -0.475 e. The first-order valence-electron chi connectivity index (χ1n) is 17.6. The number of halogens is 2. The zero-order valence-corrected chi connectivity index (χ0v) is 33.2. The number of nitriles is 1. The summed E-state index contributed by atoms with van der Waals surface area (Å²) in [6.07, 6.45) is 5.18. The van der Waals surface area contributed by atoms with Crippen LogP contribution in [0, 0.1) is 40.8 Å². The number of rotatable bonds is 9. The summed E-state index contributed by atoms with van der Waals surface area (Å²) in [5.74, 6) is 6.83. The van der Waals surface area contributed by atoms with Crippen molar-refractivity contribution in [2.45, 2.75) is 122 Å². The molecule has 2 aromatic rings. The van der Waals surface area contributed by atoms with Gasteiger partial charge < -0.3 is 18.8 Å². The van der Waals surface area contributed by atoms with Gasteiger partial charge in [-0.05, 0) is 130 Å². The van der Waals surface area contributed by atoms with Gasteiger partial charge in [0.2, 0.25) is 5.88 Å². The Labute approximate surface area is 301 Å². The second-order valence-electron chi connectivity index (χ2n) is 16.5. The van der Waals surface area contributed by atoms with Crippen LogP contribution in [0.4, 0.5) is 14.9 Å². The minimum absolute atomic E-state index is 0.00762. The largest absolute Gasteiger partial charge is 0.475 e. The summed E-state index contributed by atoms with van der Waals surface area (Å²) in [5.41, 5.74) is 0.831. The minimum atomic E-state index is -2.10. The summed E-state index contributed by atoms with van der Waals surface area (Å²) >= 11 is 3.46. The fraction of sp³-hybridized carbons (Fsp3) is 0.658. The molecular weight excluding hydrogens is 703 g/mol. The van der Waals surface area contributed by atoms with Gasteiger partial charge in [0, 0.05) is 23.9 Å². The van der Waals surface area contributed by atoms with Crippen LogP contribution in [-0.4, -0.2) is 68.8 Å². The maximum atomic E-state index is 16.5. The number of likely N-dealkylation sites (tertiary alicyclic amines) is 1. The third-order valence-corrected chi connectivity index (χ3v) is 16.2. The number of likely N-dealkylation sites (N-methyl/N-ethyl adjacent to an activating group) is 1. The van der Waals surface area contributed by atoms with Crippen LogP contribution in [0.2, 0.25) is 18.1 Å². The van der Waals surface area contributed by atoms with Gasteiger partial charge in [0.15, 0.2) is 14.1 Å². The number of fused-ring (bicyclic) bond motifs is 2. The summed E-state index contributed by atoms with van der Waals surface area (Å²) in [4.78, 5) is 23.3. The molecule has 3 saturated carbocycles. The van der Waals surface area contributed by atoms with E-state index in [1.807, 2.05) is 26.8 Å². The number of pyridine rings is 1. The zero-order chi connectivity index (χ0) is 35.9. The van der Waals surface area contributed by atoms with Gasteiger partial charge in [-0.3, -0.25) is 4.90 Å². The number of carbonyl (C=O) groups excluding carboxylic acids is 1. The van der Waals surface area contributed by atoms with Gasteiger partial charge in [-0.15, -0.1) is 0 Å². The van der Waals surface area contributed by atoms with Crippen molar-refractivity contribution in [3.63, 3.8) is 0 Å². The Morgan fingerprint density at radius 3 is 2.45 bits per heavy atom. The standard InChI is InChI=1S/C38H52BrFN4O4Si/c1-37(2,3)48-36(45)44(33-25-16-17-26(33)21-25)34-28(15-12-20-47-49(8,9)38(4,5)6)35(46-23-27-14-11-19-43(27)7)42-32-29(34)22-24(13-10-18-41)30(39)31(32)40/h22,25-27,33H,10-11,13-14,16-17,19-21,23H2,1-9H3/t25?,26?,27-,33?/m0/s1. The zero-order valence-electron chi connectivity index (χ0n) is 30.6. The molecule has 11 heteroatoms. The first kappa shape index (κ1) is 37.5. The maximum absolute atomic E-state index is 16.5. The van der Waals surface area contributed by atoms with E-state index in [1.165, 1.54) is 0 Å². The molecule has 49 heavy (non-hydrogen) atoms. The summed E-state index contributed by atoms with van der Waals surface area (Å²) < 4.78 is 35.8. The normalized spacial score (nSPS) is 22.3. The van der Waals surface area contributed by atoms with E-state index in [2.05, 4.69) is 79.7 Å². The smallest absolute Gasteiger partial charge is 0.415 e. The third kappa shape index (κ3) is 7.96. The number of hydrogen-bond donors (Lipinski definition) is 0. The molecule has 2 unspecified atom stereocenters. The number of aromatic nitrogens is 1. The molecule has 1 aromatic carbocycles. The fourth-order valence-electron chi connectivity index (χ4n) is 7.07. The molecule has 4 fully saturated rings. The van der Waals surface area contributed by atoms with Crippen LogP contribution < -0.4 is 9.64 Å². The second-order valence-corrected chi connectivity index (χ2v) is 22.1. The molecule has 266 valence electrons. The number of hydrogen-bond acceptors (Lipinski definition) is 7. The van der Waals surface area contributed by atoms with E-state index >= 15 is 4.39 Å². The van der Waals surface area contributed by atoms with Crippen LogP contribution in [0.25, 0.3) is 10.9 Å². The van der Waals surface area contributed by atoms with E-state index in [0.29, 0.717) is 47.1 Å². The highest BCUT2D eigenvalue weighted by molar-refractivity contribution is 9.10. The Morgan fingerprint density at radius 1 is 1.18 bits per heavy atom. The van der Waals surface area contributed by atoms with E-state index in [1.54, 1.807) is 4.90 Å². The molecule has 1 aromatic heterocycles. The molecule has 0 spiro atoms. The number of carbonyl (C=O) groups is 1. The van der Waals surface area contributed by atoms with Crippen molar-refractivity contribution in [1.82, 2.24) is 9.88 Å². The van der Waals surface area contributed by atoms with E-state index in [0.717, 1.165) is 38.6 Å². The van der Waals surface area contributed by atoms with Crippen molar-refractivity contribution in [2.75, 3.05) is 31.7 Å². The van der Waals surface area contributed by atoms with Crippen molar-refractivity contribution in [3.8, 4) is 23.8 Å². The molecular formula is C38H52BrFN4O4Si.